The zero-order valence-electron chi connectivity index (χ0n) is 9.99. The summed E-state index contributed by atoms with van der Waals surface area (Å²) in [6.45, 7) is 4.90. The first kappa shape index (κ1) is 14.9. The number of hydrogen-bond acceptors (Lipinski definition) is 3. The van der Waals surface area contributed by atoms with Crippen molar-refractivity contribution in [3.63, 3.8) is 0 Å². The summed E-state index contributed by atoms with van der Waals surface area (Å²) < 4.78 is 5.06. The van der Waals surface area contributed by atoms with Crippen LogP contribution in [0.2, 0.25) is 0 Å². The summed E-state index contributed by atoms with van der Waals surface area (Å²) in [5.41, 5.74) is 0. The fraction of sp³-hybridized carbons (Fsp3) is 0.818. The number of carbonyl (C=O) groups excluding carboxylic acids is 1. The average molecular weight is 231 g/mol. The standard InChI is InChI=1S/C11H21NO4/c1-3-5-16-8-10(13)12-7-9(4-2)6-11(14)15/h9H,3-8H2,1-2H3,(H,12,13)(H,14,15). The maximum absolute atomic E-state index is 11.2. The highest BCUT2D eigenvalue weighted by atomic mass is 16.5. The first-order valence-electron chi connectivity index (χ1n) is 5.66. The zero-order valence-corrected chi connectivity index (χ0v) is 9.99. The molecule has 0 bridgehead atoms. The minimum Gasteiger partial charge on any atom is -0.481 e. The third-order valence-electron chi connectivity index (χ3n) is 2.21. The van der Waals surface area contributed by atoms with Gasteiger partial charge in [0.25, 0.3) is 0 Å². The lowest BCUT2D eigenvalue weighted by atomic mass is 10.0. The minimum absolute atomic E-state index is 0.00683. The Morgan fingerprint density at radius 1 is 1.38 bits per heavy atom. The van der Waals surface area contributed by atoms with Gasteiger partial charge in [-0.2, -0.15) is 0 Å². The van der Waals surface area contributed by atoms with Crippen molar-refractivity contribution in [3.8, 4) is 0 Å². The topological polar surface area (TPSA) is 75.6 Å². The van der Waals surface area contributed by atoms with Crippen LogP contribution in [0.4, 0.5) is 0 Å². The van der Waals surface area contributed by atoms with Gasteiger partial charge >= 0.3 is 5.97 Å². The summed E-state index contributed by atoms with van der Waals surface area (Å²) in [7, 11) is 0. The molecule has 0 heterocycles. The second-order valence-corrected chi connectivity index (χ2v) is 3.73. The van der Waals surface area contributed by atoms with E-state index in [2.05, 4.69) is 5.32 Å². The van der Waals surface area contributed by atoms with Crippen molar-refractivity contribution in [2.45, 2.75) is 33.1 Å². The predicted octanol–water partition coefficient (Wildman–Crippen LogP) is 1.03. The number of rotatable bonds is 9. The zero-order chi connectivity index (χ0) is 12.4. The van der Waals surface area contributed by atoms with Crippen LogP contribution in [0.25, 0.3) is 0 Å². The van der Waals surface area contributed by atoms with E-state index in [-0.39, 0.29) is 24.9 Å². The molecule has 0 radical (unpaired) electrons. The van der Waals surface area contributed by atoms with E-state index in [1.54, 1.807) is 0 Å². The fourth-order valence-electron chi connectivity index (χ4n) is 1.23. The molecule has 5 heteroatoms. The number of carboxylic acid groups (broad SMARTS) is 1. The number of nitrogens with one attached hydrogen (secondary N) is 1. The molecule has 16 heavy (non-hydrogen) atoms. The van der Waals surface area contributed by atoms with Gasteiger partial charge in [0.05, 0.1) is 0 Å². The Balaban J connectivity index is 3.66. The first-order valence-corrected chi connectivity index (χ1v) is 5.66. The predicted molar refractivity (Wildman–Crippen MR) is 60.2 cm³/mol. The van der Waals surface area contributed by atoms with Gasteiger partial charge in [0.1, 0.15) is 6.61 Å². The molecular formula is C11H21NO4. The van der Waals surface area contributed by atoms with E-state index in [0.29, 0.717) is 13.2 Å². The summed E-state index contributed by atoms with van der Waals surface area (Å²) in [6, 6.07) is 0. The van der Waals surface area contributed by atoms with Crippen molar-refractivity contribution in [2.75, 3.05) is 19.8 Å². The Labute approximate surface area is 96.2 Å². The second-order valence-electron chi connectivity index (χ2n) is 3.73. The molecule has 1 unspecified atom stereocenters. The van der Waals surface area contributed by atoms with Crippen molar-refractivity contribution < 1.29 is 19.4 Å². The number of carboxylic acids is 1. The second kappa shape index (κ2) is 9.15. The summed E-state index contributed by atoms with van der Waals surface area (Å²) in [6.07, 6.45) is 1.71. The Morgan fingerprint density at radius 3 is 2.56 bits per heavy atom. The molecule has 5 nitrogen and oxygen atoms in total. The lowest BCUT2D eigenvalue weighted by Gasteiger charge is -2.13. The van der Waals surface area contributed by atoms with Crippen LogP contribution >= 0.6 is 0 Å². The molecule has 2 N–H and O–H groups in total. The molecule has 0 aliphatic carbocycles. The van der Waals surface area contributed by atoms with Crippen molar-refractivity contribution >= 4 is 11.9 Å². The van der Waals surface area contributed by atoms with E-state index in [1.165, 1.54) is 0 Å². The molecule has 0 saturated carbocycles. The highest BCUT2D eigenvalue weighted by Crippen LogP contribution is 2.06. The quantitative estimate of drug-likeness (QED) is 0.581. The molecule has 1 atom stereocenters. The Kier molecular flexibility index (Phi) is 8.52. The summed E-state index contributed by atoms with van der Waals surface area (Å²) in [5, 5.41) is 11.3. The van der Waals surface area contributed by atoms with Crippen molar-refractivity contribution in [3.05, 3.63) is 0 Å². The molecular weight excluding hydrogens is 210 g/mol. The Hall–Kier alpha value is -1.10. The maximum atomic E-state index is 11.2. The maximum Gasteiger partial charge on any atom is 0.303 e. The lowest BCUT2D eigenvalue weighted by Crippen LogP contribution is -2.32. The fourth-order valence-corrected chi connectivity index (χ4v) is 1.23. The van der Waals surface area contributed by atoms with E-state index in [9.17, 15) is 9.59 Å². The van der Waals surface area contributed by atoms with Gasteiger partial charge in [-0.15, -0.1) is 0 Å². The molecule has 0 fully saturated rings. The largest absolute Gasteiger partial charge is 0.481 e. The molecule has 0 aromatic heterocycles. The number of amides is 1. The van der Waals surface area contributed by atoms with Gasteiger partial charge in [0, 0.05) is 19.6 Å². The Bertz CT molecular complexity index is 218. The summed E-state index contributed by atoms with van der Waals surface area (Å²) in [4.78, 5) is 21.7. The van der Waals surface area contributed by atoms with E-state index in [0.717, 1.165) is 12.8 Å². The van der Waals surface area contributed by atoms with Crippen LogP contribution in [0, 0.1) is 5.92 Å². The highest BCUT2D eigenvalue weighted by molar-refractivity contribution is 5.77. The van der Waals surface area contributed by atoms with Gasteiger partial charge < -0.3 is 15.2 Å². The Morgan fingerprint density at radius 2 is 2.06 bits per heavy atom. The van der Waals surface area contributed by atoms with Crippen LogP contribution in [0.3, 0.4) is 0 Å². The molecule has 0 saturated heterocycles. The summed E-state index contributed by atoms with van der Waals surface area (Å²) in [5.74, 6) is -1.02. The van der Waals surface area contributed by atoms with E-state index >= 15 is 0 Å². The van der Waals surface area contributed by atoms with Gasteiger partial charge in [0.2, 0.25) is 5.91 Å². The highest BCUT2D eigenvalue weighted by Gasteiger charge is 2.12. The van der Waals surface area contributed by atoms with Crippen molar-refractivity contribution in [1.29, 1.82) is 0 Å². The minimum atomic E-state index is -0.830. The van der Waals surface area contributed by atoms with Crippen molar-refractivity contribution in [2.24, 2.45) is 5.92 Å². The molecule has 1 amide bonds. The monoisotopic (exact) mass is 231 g/mol. The van der Waals surface area contributed by atoms with Gasteiger partial charge in [-0.1, -0.05) is 20.3 Å². The van der Waals surface area contributed by atoms with Crippen LogP contribution in [0.5, 0.6) is 0 Å². The van der Waals surface area contributed by atoms with E-state index in [4.69, 9.17) is 9.84 Å². The van der Waals surface area contributed by atoms with Gasteiger partial charge in [-0.25, -0.2) is 0 Å². The number of aliphatic carboxylic acids is 1. The molecule has 0 aliphatic rings. The lowest BCUT2D eigenvalue weighted by molar-refractivity contribution is -0.138. The molecule has 0 spiro atoms. The van der Waals surface area contributed by atoms with Gasteiger partial charge in [0.15, 0.2) is 0 Å². The molecule has 0 aromatic rings. The van der Waals surface area contributed by atoms with E-state index in [1.807, 2.05) is 13.8 Å². The van der Waals surface area contributed by atoms with Crippen LogP contribution in [-0.2, 0) is 14.3 Å². The molecule has 94 valence electrons. The summed E-state index contributed by atoms with van der Waals surface area (Å²) >= 11 is 0. The molecule has 0 aromatic carbocycles. The number of ether oxygens (including phenoxy) is 1. The molecule has 0 aliphatic heterocycles. The SMILES string of the molecule is CCCOCC(=O)NCC(CC)CC(=O)O. The number of hydrogen-bond donors (Lipinski definition) is 2. The normalized spacial score (nSPS) is 12.1. The van der Waals surface area contributed by atoms with Gasteiger partial charge in [-0.3, -0.25) is 9.59 Å². The van der Waals surface area contributed by atoms with Gasteiger partial charge in [-0.05, 0) is 12.3 Å². The first-order chi connectivity index (χ1) is 7.60. The third-order valence-corrected chi connectivity index (χ3v) is 2.21. The van der Waals surface area contributed by atoms with Crippen LogP contribution in [0.15, 0.2) is 0 Å². The smallest absolute Gasteiger partial charge is 0.303 e. The van der Waals surface area contributed by atoms with Crippen LogP contribution in [0.1, 0.15) is 33.1 Å². The van der Waals surface area contributed by atoms with Crippen LogP contribution in [-0.4, -0.2) is 36.7 Å². The number of carbonyl (C=O) groups is 2. The molecule has 0 rings (SSSR count). The average Bonchev–Trinajstić information content (AvgIpc) is 2.24. The van der Waals surface area contributed by atoms with Crippen molar-refractivity contribution in [1.82, 2.24) is 5.32 Å². The van der Waals surface area contributed by atoms with E-state index < -0.39 is 5.97 Å². The third kappa shape index (κ3) is 8.23. The van der Waals surface area contributed by atoms with Crippen LogP contribution < -0.4 is 5.32 Å².